The van der Waals surface area contributed by atoms with Crippen LogP contribution in [0.15, 0.2) is 0 Å². The number of rotatable bonds is 5. The summed E-state index contributed by atoms with van der Waals surface area (Å²) in [5.74, 6) is 0. The summed E-state index contributed by atoms with van der Waals surface area (Å²) in [6.45, 7) is 7.46. The Bertz CT molecular complexity index is 339. The summed E-state index contributed by atoms with van der Waals surface area (Å²) in [6.07, 6.45) is 11.5. The van der Waals surface area contributed by atoms with E-state index in [0.717, 1.165) is 25.9 Å². The van der Waals surface area contributed by atoms with Gasteiger partial charge in [-0.1, -0.05) is 32.1 Å². The molecule has 128 valence electrons. The minimum atomic E-state index is -0.406. The molecule has 0 heterocycles. The molecule has 4 heteroatoms. The number of nitrogens with zero attached hydrogens (tertiary/aromatic N) is 1. The quantitative estimate of drug-likeness (QED) is 0.831. The summed E-state index contributed by atoms with van der Waals surface area (Å²) >= 11 is 0. The second kappa shape index (κ2) is 8.19. The van der Waals surface area contributed by atoms with Gasteiger partial charge in [-0.25, -0.2) is 4.79 Å². The van der Waals surface area contributed by atoms with Gasteiger partial charge in [-0.3, -0.25) is 0 Å². The maximum Gasteiger partial charge on any atom is 0.410 e. The maximum absolute atomic E-state index is 12.3. The Morgan fingerprint density at radius 1 is 1.05 bits per heavy atom. The molecule has 0 unspecified atom stereocenters. The lowest BCUT2D eigenvalue weighted by atomic mass is 9.97. The van der Waals surface area contributed by atoms with Gasteiger partial charge < -0.3 is 15.0 Å². The highest BCUT2D eigenvalue weighted by atomic mass is 16.6. The van der Waals surface area contributed by atoms with Crippen LogP contribution < -0.4 is 5.32 Å². The molecule has 0 aromatic rings. The van der Waals surface area contributed by atoms with Crippen LogP contribution in [0.25, 0.3) is 0 Å². The van der Waals surface area contributed by atoms with Crippen LogP contribution in [0.3, 0.4) is 0 Å². The van der Waals surface area contributed by atoms with Crippen molar-refractivity contribution in [1.82, 2.24) is 10.2 Å². The third-order valence-electron chi connectivity index (χ3n) is 4.51. The normalized spacial score (nSPS) is 21.0. The lowest BCUT2D eigenvalue weighted by molar-refractivity contribution is 0.0234. The van der Waals surface area contributed by atoms with E-state index < -0.39 is 5.60 Å². The lowest BCUT2D eigenvalue weighted by Gasteiger charge is -2.28. The van der Waals surface area contributed by atoms with Gasteiger partial charge in [-0.15, -0.1) is 0 Å². The van der Waals surface area contributed by atoms with Gasteiger partial charge in [0.2, 0.25) is 0 Å². The van der Waals surface area contributed by atoms with E-state index in [4.69, 9.17) is 4.74 Å². The summed E-state index contributed by atoms with van der Waals surface area (Å²) in [5.41, 5.74) is -0.406. The Kier molecular flexibility index (Phi) is 6.54. The van der Waals surface area contributed by atoms with Crippen LogP contribution in [0, 0.1) is 0 Å². The molecule has 0 aromatic carbocycles. The van der Waals surface area contributed by atoms with E-state index >= 15 is 0 Å². The van der Waals surface area contributed by atoms with Crippen LogP contribution in [-0.2, 0) is 4.74 Å². The van der Waals surface area contributed by atoms with E-state index in [-0.39, 0.29) is 6.09 Å². The fourth-order valence-electron chi connectivity index (χ4n) is 3.18. The number of hydrogen-bond acceptors (Lipinski definition) is 3. The third-order valence-corrected chi connectivity index (χ3v) is 4.51. The molecule has 4 nitrogen and oxygen atoms in total. The summed E-state index contributed by atoms with van der Waals surface area (Å²) in [7, 11) is 0. The first kappa shape index (κ1) is 17.6. The first-order chi connectivity index (χ1) is 10.5. The molecule has 2 fully saturated rings. The number of amides is 1. The molecule has 2 aliphatic rings. The predicted molar refractivity (Wildman–Crippen MR) is 90.1 cm³/mol. The van der Waals surface area contributed by atoms with Crippen molar-refractivity contribution in [3.8, 4) is 0 Å². The standard InChI is InChI=1S/C18H34N2O2/c1-18(2,3)22-17(21)20(16-11-12-16)14-13-19-15-9-7-5-4-6-8-10-15/h15-16,19H,4-14H2,1-3H3. The van der Waals surface area contributed by atoms with Gasteiger partial charge in [0.25, 0.3) is 0 Å². The van der Waals surface area contributed by atoms with Gasteiger partial charge >= 0.3 is 6.09 Å². The molecule has 0 aromatic heterocycles. The molecule has 2 saturated carbocycles. The highest BCUT2D eigenvalue weighted by molar-refractivity contribution is 5.69. The minimum absolute atomic E-state index is 0.144. The molecule has 22 heavy (non-hydrogen) atoms. The summed E-state index contributed by atoms with van der Waals surface area (Å²) in [4.78, 5) is 14.2. The molecule has 0 spiro atoms. The van der Waals surface area contributed by atoms with Gasteiger partial charge in [0.05, 0.1) is 0 Å². The lowest BCUT2D eigenvalue weighted by Crippen LogP contribution is -2.43. The Morgan fingerprint density at radius 3 is 2.18 bits per heavy atom. The molecule has 1 N–H and O–H groups in total. The van der Waals surface area contributed by atoms with Crippen LogP contribution in [0.2, 0.25) is 0 Å². The number of nitrogens with one attached hydrogen (secondary N) is 1. The minimum Gasteiger partial charge on any atom is -0.444 e. The fourth-order valence-corrected chi connectivity index (χ4v) is 3.18. The molecule has 0 radical (unpaired) electrons. The number of carbonyl (C=O) groups is 1. The van der Waals surface area contributed by atoms with E-state index in [0.29, 0.717) is 12.1 Å². The van der Waals surface area contributed by atoms with Crippen LogP contribution >= 0.6 is 0 Å². The monoisotopic (exact) mass is 310 g/mol. The second-order valence-electron chi connectivity index (χ2n) is 7.90. The van der Waals surface area contributed by atoms with Gasteiger partial charge in [-0.2, -0.15) is 0 Å². The zero-order valence-corrected chi connectivity index (χ0v) is 14.7. The van der Waals surface area contributed by atoms with E-state index in [1.165, 1.54) is 44.9 Å². The van der Waals surface area contributed by atoms with Crippen molar-refractivity contribution in [2.75, 3.05) is 13.1 Å². The average molecular weight is 310 g/mol. The smallest absolute Gasteiger partial charge is 0.410 e. The molecular formula is C18H34N2O2. The average Bonchev–Trinajstić information content (AvgIpc) is 3.18. The molecule has 1 amide bonds. The van der Waals surface area contributed by atoms with E-state index in [9.17, 15) is 4.79 Å². The zero-order chi connectivity index (χ0) is 16.0. The number of hydrogen-bond donors (Lipinski definition) is 1. The number of ether oxygens (including phenoxy) is 1. The van der Waals surface area contributed by atoms with Gasteiger partial charge in [-0.05, 0) is 46.5 Å². The Morgan fingerprint density at radius 2 is 1.64 bits per heavy atom. The Hall–Kier alpha value is -0.770. The van der Waals surface area contributed by atoms with Crippen LogP contribution in [0.5, 0.6) is 0 Å². The topological polar surface area (TPSA) is 41.6 Å². The van der Waals surface area contributed by atoms with Crippen LogP contribution in [0.1, 0.15) is 78.6 Å². The van der Waals surface area contributed by atoms with Crippen molar-refractivity contribution >= 4 is 6.09 Å². The SMILES string of the molecule is CC(C)(C)OC(=O)N(CCNC1CCCCCCC1)C1CC1. The Balaban J connectivity index is 1.73. The first-order valence-electron chi connectivity index (χ1n) is 9.19. The first-order valence-corrected chi connectivity index (χ1v) is 9.19. The second-order valence-corrected chi connectivity index (χ2v) is 7.90. The largest absolute Gasteiger partial charge is 0.444 e. The van der Waals surface area contributed by atoms with E-state index in [1.54, 1.807) is 0 Å². The fraction of sp³-hybridized carbons (Fsp3) is 0.944. The third kappa shape index (κ3) is 6.55. The van der Waals surface area contributed by atoms with Gasteiger partial charge in [0, 0.05) is 25.2 Å². The van der Waals surface area contributed by atoms with Crippen molar-refractivity contribution in [3.05, 3.63) is 0 Å². The van der Waals surface area contributed by atoms with E-state index in [2.05, 4.69) is 5.32 Å². The van der Waals surface area contributed by atoms with Gasteiger partial charge in [0.15, 0.2) is 0 Å². The molecule has 0 bridgehead atoms. The summed E-state index contributed by atoms with van der Waals surface area (Å²) in [5, 5.41) is 3.67. The molecular weight excluding hydrogens is 276 g/mol. The maximum atomic E-state index is 12.3. The summed E-state index contributed by atoms with van der Waals surface area (Å²) < 4.78 is 5.54. The van der Waals surface area contributed by atoms with Gasteiger partial charge in [0.1, 0.15) is 5.60 Å². The van der Waals surface area contributed by atoms with Crippen molar-refractivity contribution in [2.24, 2.45) is 0 Å². The summed E-state index contributed by atoms with van der Waals surface area (Å²) in [6, 6.07) is 1.05. The molecule has 2 rings (SSSR count). The van der Waals surface area contributed by atoms with Crippen molar-refractivity contribution < 1.29 is 9.53 Å². The predicted octanol–water partition coefficient (Wildman–Crippen LogP) is 4.09. The molecule has 2 aliphatic carbocycles. The molecule has 0 atom stereocenters. The molecule has 0 saturated heterocycles. The highest BCUT2D eigenvalue weighted by Gasteiger charge is 2.34. The van der Waals surface area contributed by atoms with Crippen molar-refractivity contribution in [2.45, 2.75) is 96.2 Å². The number of carbonyl (C=O) groups excluding carboxylic acids is 1. The molecule has 0 aliphatic heterocycles. The zero-order valence-electron chi connectivity index (χ0n) is 14.7. The van der Waals surface area contributed by atoms with Crippen LogP contribution in [-0.4, -0.2) is 41.8 Å². The van der Waals surface area contributed by atoms with Crippen LogP contribution in [0.4, 0.5) is 4.79 Å². The highest BCUT2D eigenvalue weighted by Crippen LogP contribution is 2.28. The van der Waals surface area contributed by atoms with E-state index in [1.807, 2.05) is 25.7 Å². The Labute approximate surface area is 136 Å². The van der Waals surface area contributed by atoms with Crippen molar-refractivity contribution in [1.29, 1.82) is 0 Å². The van der Waals surface area contributed by atoms with Crippen molar-refractivity contribution in [3.63, 3.8) is 0 Å².